The fourth-order valence-electron chi connectivity index (χ4n) is 2.25. The average molecular weight is 265 g/mol. The summed E-state index contributed by atoms with van der Waals surface area (Å²) >= 11 is 0. The predicted molar refractivity (Wildman–Crippen MR) is 72.4 cm³/mol. The lowest BCUT2D eigenvalue weighted by atomic mass is 10.1. The fraction of sp³-hybridized carbons (Fsp3) is 0.538. The summed E-state index contributed by atoms with van der Waals surface area (Å²) in [6.07, 6.45) is 0. The number of nitrogens with one attached hydrogen (secondary N) is 1. The van der Waals surface area contributed by atoms with Gasteiger partial charge in [-0.3, -0.25) is 15.0 Å². The van der Waals surface area contributed by atoms with E-state index in [1.165, 1.54) is 6.07 Å². The minimum atomic E-state index is -0.371. The standard InChI is InChI=1S/C13H19N3O3/c1-3-15(12-7-14-8-12)9-10-6-11(16(17)18)4-5-13(10)19-2/h4-6,12,14H,3,7-9H2,1-2H3. The summed E-state index contributed by atoms with van der Waals surface area (Å²) in [6.45, 7) is 5.64. The molecule has 0 amide bonds. The zero-order valence-electron chi connectivity index (χ0n) is 11.3. The molecular formula is C13H19N3O3. The Balaban J connectivity index is 2.20. The van der Waals surface area contributed by atoms with Crippen LogP contribution in [0.15, 0.2) is 18.2 Å². The van der Waals surface area contributed by atoms with Crippen molar-refractivity contribution in [1.82, 2.24) is 10.2 Å². The lowest BCUT2D eigenvalue weighted by molar-refractivity contribution is -0.385. The molecule has 1 aliphatic heterocycles. The highest BCUT2D eigenvalue weighted by molar-refractivity contribution is 5.43. The highest BCUT2D eigenvalue weighted by atomic mass is 16.6. The van der Waals surface area contributed by atoms with Crippen molar-refractivity contribution in [2.24, 2.45) is 0 Å². The van der Waals surface area contributed by atoms with Gasteiger partial charge in [0.2, 0.25) is 0 Å². The van der Waals surface area contributed by atoms with Crippen molar-refractivity contribution in [3.05, 3.63) is 33.9 Å². The SMILES string of the molecule is CCN(Cc1cc([N+](=O)[O-])ccc1OC)C1CNC1. The summed E-state index contributed by atoms with van der Waals surface area (Å²) in [5.41, 5.74) is 0.976. The zero-order valence-corrected chi connectivity index (χ0v) is 11.3. The number of nitro benzene ring substituents is 1. The Bertz CT molecular complexity index is 460. The number of non-ortho nitro benzene ring substituents is 1. The molecule has 1 N–H and O–H groups in total. The van der Waals surface area contributed by atoms with Crippen molar-refractivity contribution in [3.8, 4) is 5.75 Å². The minimum Gasteiger partial charge on any atom is -0.496 e. The summed E-state index contributed by atoms with van der Waals surface area (Å²) in [5.74, 6) is 0.705. The highest BCUT2D eigenvalue weighted by Crippen LogP contribution is 2.26. The molecule has 0 aliphatic carbocycles. The van der Waals surface area contributed by atoms with Crippen molar-refractivity contribution in [1.29, 1.82) is 0 Å². The van der Waals surface area contributed by atoms with Crippen molar-refractivity contribution in [2.75, 3.05) is 26.7 Å². The molecule has 6 heteroatoms. The molecule has 1 aliphatic rings. The number of methoxy groups -OCH3 is 1. The van der Waals surface area contributed by atoms with Gasteiger partial charge in [-0.1, -0.05) is 6.92 Å². The maximum atomic E-state index is 10.9. The molecule has 1 heterocycles. The second kappa shape index (κ2) is 5.99. The summed E-state index contributed by atoms with van der Waals surface area (Å²) in [5, 5.41) is 14.1. The fourth-order valence-corrected chi connectivity index (χ4v) is 2.25. The van der Waals surface area contributed by atoms with Crippen LogP contribution in [0.5, 0.6) is 5.75 Å². The predicted octanol–water partition coefficient (Wildman–Crippen LogP) is 1.40. The van der Waals surface area contributed by atoms with Crippen molar-refractivity contribution >= 4 is 5.69 Å². The first-order valence-corrected chi connectivity index (χ1v) is 6.41. The second-order valence-corrected chi connectivity index (χ2v) is 4.63. The lowest BCUT2D eigenvalue weighted by Crippen LogP contribution is -2.56. The molecular weight excluding hydrogens is 246 g/mol. The van der Waals surface area contributed by atoms with E-state index in [1.54, 1.807) is 19.2 Å². The molecule has 0 atom stereocenters. The topological polar surface area (TPSA) is 67.6 Å². The molecule has 19 heavy (non-hydrogen) atoms. The van der Waals surface area contributed by atoms with E-state index >= 15 is 0 Å². The molecule has 1 aromatic rings. The van der Waals surface area contributed by atoms with Gasteiger partial charge in [0.05, 0.1) is 12.0 Å². The van der Waals surface area contributed by atoms with Gasteiger partial charge in [0, 0.05) is 43.4 Å². The average Bonchev–Trinajstić information content (AvgIpc) is 2.35. The van der Waals surface area contributed by atoms with Gasteiger partial charge in [0.15, 0.2) is 0 Å². The van der Waals surface area contributed by atoms with Crippen molar-refractivity contribution < 1.29 is 9.66 Å². The molecule has 0 aromatic heterocycles. The van der Waals surface area contributed by atoms with Crippen LogP contribution >= 0.6 is 0 Å². The van der Waals surface area contributed by atoms with E-state index in [0.29, 0.717) is 18.3 Å². The normalized spacial score (nSPS) is 15.3. The number of likely N-dealkylation sites (N-methyl/N-ethyl adjacent to an activating group) is 1. The van der Waals surface area contributed by atoms with Crippen molar-refractivity contribution in [2.45, 2.75) is 19.5 Å². The molecule has 1 fully saturated rings. The molecule has 104 valence electrons. The van der Waals surface area contributed by atoms with Crippen molar-refractivity contribution in [3.63, 3.8) is 0 Å². The van der Waals surface area contributed by atoms with Crippen LogP contribution in [0.1, 0.15) is 12.5 Å². The Morgan fingerprint density at radius 2 is 2.26 bits per heavy atom. The van der Waals surface area contributed by atoms with Crippen LogP contribution < -0.4 is 10.1 Å². The maximum Gasteiger partial charge on any atom is 0.270 e. The van der Waals surface area contributed by atoms with E-state index in [-0.39, 0.29) is 10.6 Å². The third kappa shape index (κ3) is 3.02. The van der Waals surface area contributed by atoms with Crippen LogP contribution in [0.25, 0.3) is 0 Å². The highest BCUT2D eigenvalue weighted by Gasteiger charge is 2.24. The second-order valence-electron chi connectivity index (χ2n) is 4.63. The van der Waals surface area contributed by atoms with Crippen LogP contribution in [-0.4, -0.2) is 42.6 Å². The summed E-state index contributed by atoms with van der Waals surface area (Å²) in [4.78, 5) is 12.8. The van der Waals surface area contributed by atoms with Gasteiger partial charge in [0.1, 0.15) is 5.75 Å². The molecule has 0 radical (unpaired) electrons. The summed E-state index contributed by atoms with van der Waals surface area (Å²) in [7, 11) is 1.59. The number of hydrogen-bond acceptors (Lipinski definition) is 5. The first kappa shape index (κ1) is 13.8. The Kier molecular flexibility index (Phi) is 4.34. The number of ether oxygens (including phenoxy) is 1. The van der Waals surface area contributed by atoms with E-state index in [9.17, 15) is 10.1 Å². The molecule has 0 spiro atoms. The molecule has 1 saturated heterocycles. The van der Waals surface area contributed by atoms with Crippen LogP contribution in [0, 0.1) is 10.1 Å². The number of nitrogens with zero attached hydrogens (tertiary/aromatic N) is 2. The van der Waals surface area contributed by atoms with Crippen LogP contribution in [0.4, 0.5) is 5.69 Å². The monoisotopic (exact) mass is 265 g/mol. The Labute approximate surface area is 112 Å². The first-order chi connectivity index (χ1) is 9.15. The van der Waals surface area contributed by atoms with Gasteiger partial charge in [-0.25, -0.2) is 0 Å². The summed E-state index contributed by atoms with van der Waals surface area (Å²) < 4.78 is 5.29. The molecule has 2 rings (SSSR count). The zero-order chi connectivity index (χ0) is 13.8. The van der Waals surface area contributed by atoms with Gasteiger partial charge >= 0.3 is 0 Å². The van der Waals surface area contributed by atoms with E-state index in [0.717, 1.165) is 25.2 Å². The van der Waals surface area contributed by atoms with Crippen LogP contribution in [0.3, 0.4) is 0 Å². The molecule has 6 nitrogen and oxygen atoms in total. The molecule has 0 unspecified atom stereocenters. The Morgan fingerprint density at radius 1 is 1.53 bits per heavy atom. The maximum absolute atomic E-state index is 10.9. The van der Waals surface area contributed by atoms with E-state index in [4.69, 9.17) is 4.74 Å². The number of rotatable bonds is 6. The molecule has 1 aromatic carbocycles. The van der Waals surface area contributed by atoms with Gasteiger partial charge in [-0.2, -0.15) is 0 Å². The lowest BCUT2D eigenvalue weighted by Gasteiger charge is -2.37. The van der Waals surface area contributed by atoms with Crippen LogP contribution in [-0.2, 0) is 6.54 Å². The third-order valence-electron chi connectivity index (χ3n) is 3.53. The van der Waals surface area contributed by atoms with Gasteiger partial charge < -0.3 is 10.1 Å². The van der Waals surface area contributed by atoms with E-state index in [1.807, 2.05) is 0 Å². The van der Waals surface area contributed by atoms with E-state index in [2.05, 4.69) is 17.1 Å². The largest absolute Gasteiger partial charge is 0.496 e. The number of nitro groups is 1. The molecule has 0 saturated carbocycles. The summed E-state index contributed by atoms with van der Waals surface area (Å²) in [6, 6.07) is 5.26. The van der Waals surface area contributed by atoms with E-state index < -0.39 is 0 Å². The minimum absolute atomic E-state index is 0.110. The van der Waals surface area contributed by atoms with Gasteiger partial charge in [0.25, 0.3) is 5.69 Å². The number of benzene rings is 1. The quantitative estimate of drug-likeness (QED) is 0.622. The van der Waals surface area contributed by atoms with Gasteiger partial charge in [-0.05, 0) is 12.6 Å². The third-order valence-corrected chi connectivity index (χ3v) is 3.53. The first-order valence-electron chi connectivity index (χ1n) is 6.41. The molecule has 0 bridgehead atoms. The van der Waals surface area contributed by atoms with Crippen LogP contribution in [0.2, 0.25) is 0 Å². The van der Waals surface area contributed by atoms with Gasteiger partial charge in [-0.15, -0.1) is 0 Å². The smallest absolute Gasteiger partial charge is 0.270 e. The Morgan fingerprint density at radius 3 is 2.74 bits per heavy atom. The Hall–Kier alpha value is -1.66. The number of hydrogen-bond donors (Lipinski definition) is 1.